The molecule has 1 fully saturated rings. The number of carbonyl (C=O) groups is 3. The Morgan fingerprint density at radius 2 is 1.79 bits per heavy atom. The van der Waals surface area contributed by atoms with Gasteiger partial charge in [-0.15, -0.1) is 0 Å². The summed E-state index contributed by atoms with van der Waals surface area (Å²) in [6.07, 6.45) is 2.48. The molecule has 3 rings (SSSR count). The zero-order chi connectivity index (χ0) is 17.1. The number of amides is 1. The van der Waals surface area contributed by atoms with Gasteiger partial charge in [0.25, 0.3) is 0 Å². The molecule has 1 saturated heterocycles. The van der Waals surface area contributed by atoms with Crippen LogP contribution in [0.2, 0.25) is 0 Å². The van der Waals surface area contributed by atoms with Gasteiger partial charge in [0.1, 0.15) is 6.29 Å². The number of benzene rings is 2. The van der Waals surface area contributed by atoms with E-state index in [-0.39, 0.29) is 11.7 Å². The predicted octanol–water partition coefficient (Wildman–Crippen LogP) is 2.98. The predicted molar refractivity (Wildman–Crippen MR) is 91.4 cm³/mol. The van der Waals surface area contributed by atoms with Crippen molar-refractivity contribution in [1.29, 1.82) is 0 Å². The second-order valence-corrected chi connectivity index (χ2v) is 6.24. The van der Waals surface area contributed by atoms with Gasteiger partial charge in [0.15, 0.2) is 5.78 Å². The number of carbonyl (C=O) groups excluding carboxylic acids is 3. The van der Waals surface area contributed by atoms with Crippen molar-refractivity contribution >= 4 is 18.5 Å². The Bertz CT molecular complexity index is 780. The maximum atomic E-state index is 12.6. The highest BCUT2D eigenvalue weighted by molar-refractivity contribution is 6.09. The lowest BCUT2D eigenvalue weighted by Crippen LogP contribution is -2.18. The van der Waals surface area contributed by atoms with Crippen LogP contribution in [0.4, 0.5) is 0 Å². The summed E-state index contributed by atoms with van der Waals surface area (Å²) >= 11 is 0. The summed E-state index contributed by atoms with van der Waals surface area (Å²) in [5, 5.41) is 0. The van der Waals surface area contributed by atoms with Crippen molar-refractivity contribution in [2.75, 3.05) is 13.1 Å². The minimum absolute atomic E-state index is 0.0920. The van der Waals surface area contributed by atoms with Crippen LogP contribution in [-0.2, 0) is 4.79 Å². The van der Waals surface area contributed by atoms with Gasteiger partial charge in [-0.1, -0.05) is 42.0 Å². The Morgan fingerprint density at radius 1 is 1.08 bits per heavy atom. The molecule has 1 aliphatic rings. The van der Waals surface area contributed by atoms with Gasteiger partial charge >= 0.3 is 0 Å². The lowest BCUT2D eigenvalue weighted by Gasteiger charge is -2.14. The van der Waals surface area contributed by atoms with Gasteiger partial charge in [-0.25, -0.2) is 0 Å². The second-order valence-electron chi connectivity index (χ2n) is 6.24. The van der Waals surface area contributed by atoms with E-state index >= 15 is 0 Å². The third kappa shape index (κ3) is 3.13. The van der Waals surface area contributed by atoms with E-state index in [0.717, 1.165) is 30.2 Å². The number of nitrogens with zero attached hydrogens (tertiary/aromatic N) is 1. The molecule has 1 heterocycles. The topological polar surface area (TPSA) is 54.5 Å². The fourth-order valence-electron chi connectivity index (χ4n) is 3.20. The molecular weight excluding hydrogens is 302 g/mol. The lowest BCUT2D eigenvalue weighted by atomic mass is 9.91. The van der Waals surface area contributed by atoms with Crippen LogP contribution in [0.5, 0.6) is 0 Å². The highest BCUT2D eigenvalue weighted by Crippen LogP contribution is 2.29. The quantitative estimate of drug-likeness (QED) is 0.628. The third-order valence-electron chi connectivity index (χ3n) is 4.60. The lowest BCUT2D eigenvalue weighted by molar-refractivity contribution is -0.117. The summed E-state index contributed by atoms with van der Waals surface area (Å²) in [6, 6.07) is 12.7. The minimum atomic E-state index is -0.0920. The Kier molecular flexibility index (Phi) is 4.56. The molecule has 0 aliphatic carbocycles. The Hall–Kier alpha value is -2.75. The van der Waals surface area contributed by atoms with Crippen molar-refractivity contribution in [3.8, 4) is 0 Å². The standard InChI is InChI=1S/C20H19NO3/c1-14-2-4-15(5-3-14)20(24)16-6-7-19(18(10-16)12-22)17-8-9-21(11-17)13-23/h2-7,10,12-13,17H,8-9,11H2,1H3. The molecule has 122 valence electrons. The van der Waals surface area contributed by atoms with Gasteiger partial charge in [-0.05, 0) is 25.0 Å². The molecular formula is C20H19NO3. The molecule has 1 amide bonds. The second kappa shape index (κ2) is 6.79. The first-order valence-corrected chi connectivity index (χ1v) is 8.02. The minimum Gasteiger partial charge on any atom is -0.345 e. The Morgan fingerprint density at radius 3 is 2.42 bits per heavy atom. The van der Waals surface area contributed by atoms with Crippen LogP contribution >= 0.6 is 0 Å². The molecule has 24 heavy (non-hydrogen) atoms. The average Bonchev–Trinajstić information content (AvgIpc) is 3.10. The fourth-order valence-corrected chi connectivity index (χ4v) is 3.20. The van der Waals surface area contributed by atoms with Crippen LogP contribution < -0.4 is 0 Å². The third-order valence-corrected chi connectivity index (χ3v) is 4.60. The van der Waals surface area contributed by atoms with Crippen LogP contribution in [0.3, 0.4) is 0 Å². The van der Waals surface area contributed by atoms with Gasteiger partial charge in [0.05, 0.1) is 0 Å². The molecule has 1 atom stereocenters. The number of hydrogen-bond acceptors (Lipinski definition) is 3. The molecule has 4 heteroatoms. The van der Waals surface area contributed by atoms with Gasteiger partial charge < -0.3 is 4.90 Å². The van der Waals surface area contributed by atoms with E-state index in [9.17, 15) is 14.4 Å². The van der Waals surface area contributed by atoms with Gasteiger partial charge in [-0.3, -0.25) is 14.4 Å². The number of rotatable bonds is 5. The number of likely N-dealkylation sites (tertiary alicyclic amines) is 1. The summed E-state index contributed by atoms with van der Waals surface area (Å²) in [5.74, 6) is 0.0597. The maximum absolute atomic E-state index is 12.6. The molecule has 1 unspecified atom stereocenters. The van der Waals surface area contributed by atoms with Crippen molar-refractivity contribution in [3.05, 3.63) is 70.3 Å². The molecule has 0 aromatic heterocycles. The normalized spacial score (nSPS) is 16.9. The molecule has 1 aliphatic heterocycles. The van der Waals surface area contributed by atoms with Gasteiger partial charge in [0, 0.05) is 35.7 Å². The zero-order valence-corrected chi connectivity index (χ0v) is 13.6. The summed E-state index contributed by atoms with van der Waals surface area (Å²) in [4.78, 5) is 36.7. The largest absolute Gasteiger partial charge is 0.345 e. The maximum Gasteiger partial charge on any atom is 0.209 e. The van der Waals surface area contributed by atoms with Crippen molar-refractivity contribution in [2.24, 2.45) is 0 Å². The average molecular weight is 321 g/mol. The SMILES string of the molecule is Cc1ccc(C(=O)c2ccc(C3CCN(C=O)C3)c(C=O)c2)cc1. The molecule has 2 aromatic rings. The summed E-state index contributed by atoms with van der Waals surface area (Å²) in [6.45, 7) is 3.30. The number of aryl methyl sites for hydroxylation is 1. The van der Waals surface area contributed by atoms with E-state index in [1.807, 2.05) is 25.1 Å². The first-order valence-electron chi connectivity index (χ1n) is 8.02. The highest BCUT2D eigenvalue weighted by Gasteiger charge is 2.25. The molecule has 4 nitrogen and oxygen atoms in total. The van der Waals surface area contributed by atoms with Crippen molar-refractivity contribution in [2.45, 2.75) is 19.3 Å². The Labute approximate surface area is 141 Å². The molecule has 0 N–H and O–H groups in total. The van der Waals surface area contributed by atoms with E-state index in [2.05, 4.69) is 0 Å². The van der Waals surface area contributed by atoms with Crippen molar-refractivity contribution in [3.63, 3.8) is 0 Å². The van der Waals surface area contributed by atoms with Crippen LogP contribution in [-0.4, -0.2) is 36.5 Å². The smallest absolute Gasteiger partial charge is 0.209 e. The number of ketones is 1. The molecule has 0 radical (unpaired) electrons. The first-order chi connectivity index (χ1) is 11.6. The summed E-state index contributed by atoms with van der Waals surface area (Å²) in [5.41, 5.74) is 3.66. The zero-order valence-electron chi connectivity index (χ0n) is 13.6. The van der Waals surface area contributed by atoms with E-state index in [1.54, 1.807) is 29.2 Å². The monoisotopic (exact) mass is 321 g/mol. The molecule has 0 saturated carbocycles. The van der Waals surface area contributed by atoms with E-state index in [4.69, 9.17) is 0 Å². The summed E-state index contributed by atoms with van der Waals surface area (Å²) < 4.78 is 0. The van der Waals surface area contributed by atoms with Gasteiger partial charge in [0.2, 0.25) is 6.41 Å². The van der Waals surface area contributed by atoms with E-state index in [0.29, 0.717) is 29.8 Å². The van der Waals surface area contributed by atoms with Crippen LogP contribution in [0.1, 0.15) is 49.7 Å². The summed E-state index contributed by atoms with van der Waals surface area (Å²) in [7, 11) is 0. The molecule has 0 spiro atoms. The van der Waals surface area contributed by atoms with Crippen molar-refractivity contribution < 1.29 is 14.4 Å². The molecule has 0 bridgehead atoms. The van der Waals surface area contributed by atoms with Crippen LogP contribution in [0.15, 0.2) is 42.5 Å². The Balaban J connectivity index is 1.89. The molecule has 2 aromatic carbocycles. The van der Waals surface area contributed by atoms with Crippen molar-refractivity contribution in [1.82, 2.24) is 4.90 Å². The van der Waals surface area contributed by atoms with Gasteiger partial charge in [-0.2, -0.15) is 0 Å². The first kappa shape index (κ1) is 16.1. The van der Waals surface area contributed by atoms with Crippen LogP contribution in [0.25, 0.3) is 0 Å². The highest BCUT2D eigenvalue weighted by atomic mass is 16.1. The van der Waals surface area contributed by atoms with E-state index in [1.165, 1.54) is 0 Å². The number of aldehydes is 1. The fraction of sp³-hybridized carbons (Fsp3) is 0.250. The number of hydrogen-bond donors (Lipinski definition) is 0. The van der Waals surface area contributed by atoms with Crippen LogP contribution in [0, 0.1) is 6.92 Å². The van der Waals surface area contributed by atoms with E-state index < -0.39 is 0 Å².